The number of aromatic nitrogens is 3. The van der Waals surface area contributed by atoms with Gasteiger partial charge in [0.1, 0.15) is 5.25 Å². The van der Waals surface area contributed by atoms with Gasteiger partial charge in [-0.25, -0.2) is 4.68 Å². The van der Waals surface area contributed by atoms with E-state index < -0.39 is 0 Å². The molecule has 150 valence electrons. The number of carbonyl (C=O) groups is 1. The molecule has 3 aromatic rings. The molecular weight excluding hydrogens is 382 g/mol. The molecule has 0 fully saturated rings. The zero-order valence-electron chi connectivity index (χ0n) is 16.8. The molecule has 0 saturated heterocycles. The van der Waals surface area contributed by atoms with Crippen molar-refractivity contribution in [3.8, 4) is 0 Å². The van der Waals surface area contributed by atoms with Crippen molar-refractivity contribution in [1.29, 1.82) is 0 Å². The SMILES string of the molecule is CCCc1nnc2n1N[C@H](c1ccc(C)cc1)[C@H](C(=O)Nc1ccc(C)cc1)S2. The number of amides is 1. The molecule has 4 rings (SSSR count). The predicted molar refractivity (Wildman–Crippen MR) is 117 cm³/mol. The minimum atomic E-state index is -0.370. The number of fused-ring (bicyclic) bond motifs is 1. The molecule has 0 spiro atoms. The lowest BCUT2D eigenvalue weighted by molar-refractivity contribution is -0.116. The molecule has 1 amide bonds. The second-order valence-electron chi connectivity index (χ2n) is 7.40. The maximum atomic E-state index is 13.2. The molecule has 29 heavy (non-hydrogen) atoms. The van der Waals surface area contributed by atoms with Gasteiger partial charge in [-0.1, -0.05) is 66.2 Å². The van der Waals surface area contributed by atoms with Crippen molar-refractivity contribution < 1.29 is 4.79 Å². The Bertz CT molecular complexity index is 997. The van der Waals surface area contributed by atoms with Gasteiger partial charge < -0.3 is 10.7 Å². The van der Waals surface area contributed by atoms with Gasteiger partial charge in [-0.15, -0.1) is 10.2 Å². The van der Waals surface area contributed by atoms with E-state index in [0.717, 1.165) is 40.6 Å². The largest absolute Gasteiger partial charge is 0.325 e. The molecule has 0 radical (unpaired) electrons. The smallest absolute Gasteiger partial charge is 0.240 e. The Balaban J connectivity index is 1.65. The highest BCUT2D eigenvalue weighted by Crippen LogP contribution is 2.37. The third kappa shape index (κ3) is 4.15. The normalized spacial score (nSPS) is 18.0. The molecule has 0 saturated carbocycles. The number of rotatable bonds is 5. The molecule has 0 unspecified atom stereocenters. The van der Waals surface area contributed by atoms with Crippen molar-refractivity contribution in [2.75, 3.05) is 10.7 Å². The Morgan fingerprint density at radius 1 is 1.07 bits per heavy atom. The summed E-state index contributed by atoms with van der Waals surface area (Å²) >= 11 is 1.46. The monoisotopic (exact) mass is 407 g/mol. The Kier molecular flexibility index (Phi) is 5.58. The minimum absolute atomic E-state index is 0.0526. The van der Waals surface area contributed by atoms with E-state index >= 15 is 0 Å². The van der Waals surface area contributed by atoms with Crippen molar-refractivity contribution >= 4 is 23.4 Å². The molecular formula is C22H25N5OS. The van der Waals surface area contributed by atoms with Crippen molar-refractivity contribution in [3.63, 3.8) is 0 Å². The lowest BCUT2D eigenvalue weighted by Crippen LogP contribution is -2.41. The molecule has 0 aliphatic carbocycles. The quantitative estimate of drug-likeness (QED) is 0.662. The topological polar surface area (TPSA) is 71.8 Å². The summed E-state index contributed by atoms with van der Waals surface area (Å²) in [5, 5.41) is 12.0. The Morgan fingerprint density at radius 3 is 2.38 bits per heavy atom. The van der Waals surface area contributed by atoms with Crippen molar-refractivity contribution in [2.24, 2.45) is 0 Å². The zero-order chi connectivity index (χ0) is 20.4. The standard InChI is InChI=1S/C22H25N5OS/c1-4-5-18-24-25-22-27(18)26-19(16-10-6-14(2)7-11-16)20(29-22)21(28)23-17-12-8-15(3)9-13-17/h6-13,19-20,26H,4-5H2,1-3H3,(H,23,28)/t19-,20-/m1/s1. The van der Waals surface area contributed by atoms with Crippen LogP contribution in [-0.2, 0) is 11.2 Å². The average molecular weight is 408 g/mol. The summed E-state index contributed by atoms with van der Waals surface area (Å²) in [4.78, 5) is 13.2. The van der Waals surface area contributed by atoms with Crippen LogP contribution in [0.2, 0.25) is 0 Å². The molecule has 2 aromatic carbocycles. The number of hydrogen-bond donors (Lipinski definition) is 2. The molecule has 7 heteroatoms. The fourth-order valence-electron chi connectivity index (χ4n) is 3.36. The Hall–Kier alpha value is -2.80. The third-order valence-electron chi connectivity index (χ3n) is 4.99. The van der Waals surface area contributed by atoms with Gasteiger partial charge >= 0.3 is 0 Å². The van der Waals surface area contributed by atoms with Gasteiger partial charge in [0.2, 0.25) is 11.1 Å². The van der Waals surface area contributed by atoms with E-state index in [1.165, 1.54) is 17.3 Å². The number of benzene rings is 2. The second kappa shape index (κ2) is 8.29. The minimum Gasteiger partial charge on any atom is -0.325 e. The van der Waals surface area contributed by atoms with Gasteiger partial charge in [-0.3, -0.25) is 4.79 Å². The predicted octanol–water partition coefficient (Wildman–Crippen LogP) is 4.25. The summed E-state index contributed by atoms with van der Waals surface area (Å²) < 4.78 is 1.94. The van der Waals surface area contributed by atoms with Crippen LogP contribution in [-0.4, -0.2) is 26.0 Å². The highest BCUT2D eigenvalue weighted by Gasteiger charge is 2.37. The first-order valence-corrected chi connectivity index (χ1v) is 10.7. The molecule has 2 heterocycles. The van der Waals surface area contributed by atoms with E-state index in [9.17, 15) is 4.79 Å². The van der Waals surface area contributed by atoms with E-state index in [2.05, 4.69) is 59.1 Å². The number of nitrogens with zero attached hydrogens (tertiary/aromatic N) is 3. The van der Waals surface area contributed by atoms with Gasteiger partial charge in [-0.2, -0.15) is 0 Å². The number of aryl methyl sites for hydroxylation is 3. The first-order chi connectivity index (χ1) is 14.0. The van der Waals surface area contributed by atoms with Gasteiger partial charge in [0.25, 0.3) is 0 Å². The van der Waals surface area contributed by atoms with Gasteiger partial charge in [0.05, 0.1) is 6.04 Å². The van der Waals surface area contributed by atoms with Crippen LogP contribution in [0.15, 0.2) is 53.7 Å². The molecule has 6 nitrogen and oxygen atoms in total. The maximum absolute atomic E-state index is 13.2. The Labute approximate surface area is 175 Å². The number of carbonyl (C=O) groups excluding carboxylic acids is 1. The first-order valence-electron chi connectivity index (χ1n) is 9.86. The second-order valence-corrected chi connectivity index (χ2v) is 8.50. The van der Waals surface area contributed by atoms with Crippen LogP contribution in [0.25, 0.3) is 0 Å². The van der Waals surface area contributed by atoms with Crippen LogP contribution in [0, 0.1) is 13.8 Å². The maximum Gasteiger partial charge on any atom is 0.240 e. The van der Waals surface area contributed by atoms with Crippen LogP contribution in [0.1, 0.15) is 41.9 Å². The number of anilines is 1. The number of nitrogens with one attached hydrogen (secondary N) is 2. The fourth-order valence-corrected chi connectivity index (χ4v) is 4.46. The van der Waals surface area contributed by atoms with Crippen molar-refractivity contribution in [3.05, 3.63) is 71.0 Å². The first kappa shape index (κ1) is 19.5. The van der Waals surface area contributed by atoms with E-state index in [0.29, 0.717) is 0 Å². The molecule has 1 aliphatic heterocycles. The van der Waals surface area contributed by atoms with Gasteiger partial charge in [0.15, 0.2) is 5.82 Å². The summed E-state index contributed by atoms with van der Waals surface area (Å²) in [6.45, 7) is 6.21. The van der Waals surface area contributed by atoms with Gasteiger partial charge in [-0.05, 0) is 38.0 Å². The van der Waals surface area contributed by atoms with Crippen LogP contribution < -0.4 is 10.7 Å². The lowest BCUT2D eigenvalue weighted by atomic mass is 10.0. The van der Waals surface area contributed by atoms with E-state index in [4.69, 9.17) is 0 Å². The zero-order valence-corrected chi connectivity index (χ0v) is 17.7. The molecule has 2 atom stereocenters. The third-order valence-corrected chi connectivity index (χ3v) is 6.21. The van der Waals surface area contributed by atoms with E-state index in [1.807, 2.05) is 35.9 Å². The molecule has 2 N–H and O–H groups in total. The van der Waals surface area contributed by atoms with Crippen LogP contribution in [0.3, 0.4) is 0 Å². The molecule has 1 aromatic heterocycles. The Morgan fingerprint density at radius 2 is 1.72 bits per heavy atom. The average Bonchev–Trinajstić information content (AvgIpc) is 3.11. The summed E-state index contributed by atoms with van der Waals surface area (Å²) in [5.41, 5.74) is 7.71. The number of thioether (sulfide) groups is 1. The van der Waals surface area contributed by atoms with Gasteiger partial charge in [0, 0.05) is 12.1 Å². The van der Waals surface area contributed by atoms with Crippen LogP contribution in [0.4, 0.5) is 5.69 Å². The van der Waals surface area contributed by atoms with E-state index in [-0.39, 0.29) is 17.2 Å². The molecule has 1 aliphatic rings. The van der Waals surface area contributed by atoms with Crippen molar-refractivity contribution in [2.45, 2.75) is 50.1 Å². The van der Waals surface area contributed by atoms with Crippen LogP contribution in [0.5, 0.6) is 0 Å². The summed E-state index contributed by atoms with van der Waals surface area (Å²) in [6.07, 6.45) is 1.82. The molecule has 0 bridgehead atoms. The summed E-state index contributed by atoms with van der Waals surface area (Å²) in [5.74, 6) is 0.840. The highest BCUT2D eigenvalue weighted by atomic mass is 32.2. The summed E-state index contributed by atoms with van der Waals surface area (Å²) in [7, 11) is 0. The lowest BCUT2D eigenvalue weighted by Gasteiger charge is -2.33. The fraction of sp³-hybridized carbons (Fsp3) is 0.318. The van der Waals surface area contributed by atoms with Crippen LogP contribution >= 0.6 is 11.8 Å². The highest BCUT2D eigenvalue weighted by molar-refractivity contribution is 8.00. The van der Waals surface area contributed by atoms with E-state index in [1.54, 1.807) is 0 Å². The van der Waals surface area contributed by atoms with Crippen molar-refractivity contribution in [1.82, 2.24) is 14.9 Å². The summed E-state index contributed by atoms with van der Waals surface area (Å²) in [6, 6.07) is 16.0. The number of hydrogen-bond acceptors (Lipinski definition) is 5.